The van der Waals surface area contributed by atoms with Crippen molar-refractivity contribution in [2.24, 2.45) is 11.3 Å². The molecule has 0 heterocycles. The predicted octanol–water partition coefficient (Wildman–Crippen LogP) is 2.90. The molecule has 120 valence electrons. The SMILES string of the molecule is CC1(C)CCC(NC(=O)NC2CCCCCC2C(=O)O)C1. The number of aliphatic carboxylic acids is 1. The van der Waals surface area contributed by atoms with E-state index in [-0.39, 0.29) is 18.1 Å². The van der Waals surface area contributed by atoms with E-state index in [2.05, 4.69) is 24.5 Å². The van der Waals surface area contributed by atoms with Gasteiger partial charge in [0.2, 0.25) is 0 Å². The third kappa shape index (κ3) is 4.61. The average molecular weight is 296 g/mol. The summed E-state index contributed by atoms with van der Waals surface area (Å²) < 4.78 is 0. The average Bonchev–Trinajstić information content (AvgIpc) is 2.60. The van der Waals surface area contributed by atoms with Crippen LogP contribution in [0.3, 0.4) is 0 Å². The number of urea groups is 1. The van der Waals surface area contributed by atoms with Gasteiger partial charge in [-0.3, -0.25) is 4.79 Å². The van der Waals surface area contributed by atoms with Gasteiger partial charge in [0.1, 0.15) is 0 Å². The second-order valence-electron chi connectivity index (χ2n) is 7.41. The number of hydrogen-bond donors (Lipinski definition) is 3. The number of carbonyl (C=O) groups excluding carboxylic acids is 1. The lowest BCUT2D eigenvalue weighted by molar-refractivity contribution is -0.142. The lowest BCUT2D eigenvalue weighted by Crippen LogP contribution is -2.49. The van der Waals surface area contributed by atoms with Crippen LogP contribution in [0.15, 0.2) is 0 Å². The molecule has 0 spiro atoms. The standard InChI is InChI=1S/C16H28N2O3/c1-16(2)9-8-11(10-16)17-15(21)18-13-7-5-3-4-6-12(13)14(19)20/h11-13H,3-10H2,1-2H3,(H,19,20)(H2,17,18,21). The molecule has 0 aromatic rings. The normalized spacial score (nSPS) is 32.2. The van der Waals surface area contributed by atoms with Crippen LogP contribution in [-0.4, -0.2) is 29.2 Å². The molecule has 0 bridgehead atoms. The zero-order valence-electron chi connectivity index (χ0n) is 13.2. The topological polar surface area (TPSA) is 78.4 Å². The molecule has 0 aliphatic heterocycles. The summed E-state index contributed by atoms with van der Waals surface area (Å²) in [7, 11) is 0. The Kier molecular flexibility index (Phi) is 5.12. The Balaban J connectivity index is 1.86. The van der Waals surface area contributed by atoms with Crippen molar-refractivity contribution in [1.82, 2.24) is 10.6 Å². The first-order chi connectivity index (χ1) is 9.87. The van der Waals surface area contributed by atoms with Gasteiger partial charge in [0.25, 0.3) is 0 Å². The molecule has 2 saturated carbocycles. The second-order valence-corrected chi connectivity index (χ2v) is 7.41. The van der Waals surface area contributed by atoms with E-state index in [4.69, 9.17) is 0 Å². The minimum Gasteiger partial charge on any atom is -0.481 e. The van der Waals surface area contributed by atoms with Gasteiger partial charge in [0, 0.05) is 12.1 Å². The fraction of sp³-hybridized carbons (Fsp3) is 0.875. The van der Waals surface area contributed by atoms with Crippen molar-refractivity contribution in [2.45, 2.75) is 77.3 Å². The van der Waals surface area contributed by atoms with E-state index in [0.717, 1.165) is 44.9 Å². The zero-order valence-corrected chi connectivity index (χ0v) is 13.2. The van der Waals surface area contributed by atoms with Crippen LogP contribution in [0.4, 0.5) is 4.79 Å². The summed E-state index contributed by atoms with van der Waals surface area (Å²) in [4.78, 5) is 23.5. The zero-order chi connectivity index (χ0) is 15.5. The maximum atomic E-state index is 12.1. The lowest BCUT2D eigenvalue weighted by atomic mass is 9.92. The number of rotatable bonds is 3. The molecular weight excluding hydrogens is 268 g/mol. The smallest absolute Gasteiger partial charge is 0.315 e. The van der Waals surface area contributed by atoms with E-state index in [1.54, 1.807) is 0 Å². The van der Waals surface area contributed by atoms with Gasteiger partial charge in [-0.25, -0.2) is 4.79 Å². The second kappa shape index (κ2) is 6.67. The summed E-state index contributed by atoms with van der Waals surface area (Å²) in [6.45, 7) is 4.44. The van der Waals surface area contributed by atoms with Crippen molar-refractivity contribution in [3.05, 3.63) is 0 Å². The van der Waals surface area contributed by atoms with Crippen molar-refractivity contribution in [2.75, 3.05) is 0 Å². The van der Waals surface area contributed by atoms with Crippen molar-refractivity contribution in [3.63, 3.8) is 0 Å². The number of carbonyl (C=O) groups is 2. The van der Waals surface area contributed by atoms with Gasteiger partial charge in [0.05, 0.1) is 5.92 Å². The van der Waals surface area contributed by atoms with Gasteiger partial charge < -0.3 is 15.7 Å². The Bertz CT molecular complexity index is 395. The summed E-state index contributed by atoms with van der Waals surface area (Å²) in [6.07, 6.45) is 7.54. The first-order valence-electron chi connectivity index (χ1n) is 8.17. The Morgan fingerprint density at radius 2 is 1.76 bits per heavy atom. The van der Waals surface area contributed by atoms with Crippen molar-refractivity contribution < 1.29 is 14.7 Å². The third-order valence-corrected chi connectivity index (χ3v) is 4.95. The molecule has 3 unspecified atom stereocenters. The van der Waals surface area contributed by atoms with Crippen LogP contribution in [0.5, 0.6) is 0 Å². The van der Waals surface area contributed by atoms with E-state index < -0.39 is 11.9 Å². The van der Waals surface area contributed by atoms with Crippen LogP contribution in [-0.2, 0) is 4.79 Å². The molecule has 2 aliphatic carbocycles. The first-order valence-corrected chi connectivity index (χ1v) is 8.17. The monoisotopic (exact) mass is 296 g/mol. The van der Waals surface area contributed by atoms with Gasteiger partial charge in [-0.2, -0.15) is 0 Å². The van der Waals surface area contributed by atoms with E-state index >= 15 is 0 Å². The number of amides is 2. The van der Waals surface area contributed by atoms with Crippen LogP contribution >= 0.6 is 0 Å². The molecule has 0 saturated heterocycles. The molecule has 5 nitrogen and oxygen atoms in total. The van der Waals surface area contributed by atoms with Gasteiger partial charge in [-0.1, -0.05) is 33.1 Å². The van der Waals surface area contributed by atoms with Crippen LogP contribution in [0.25, 0.3) is 0 Å². The van der Waals surface area contributed by atoms with E-state index in [1.165, 1.54) is 0 Å². The van der Waals surface area contributed by atoms with Crippen molar-refractivity contribution in [3.8, 4) is 0 Å². The molecule has 2 fully saturated rings. The fourth-order valence-electron chi connectivity index (χ4n) is 3.73. The molecule has 0 radical (unpaired) electrons. The largest absolute Gasteiger partial charge is 0.481 e. The summed E-state index contributed by atoms with van der Waals surface area (Å²) in [5.74, 6) is -1.23. The minimum absolute atomic E-state index is 0.198. The quantitative estimate of drug-likeness (QED) is 0.701. The molecule has 0 aromatic heterocycles. The summed E-state index contributed by atoms with van der Waals surface area (Å²) in [5.41, 5.74) is 0.296. The summed E-state index contributed by atoms with van der Waals surface area (Å²) >= 11 is 0. The molecule has 2 rings (SSSR count). The minimum atomic E-state index is -0.788. The van der Waals surface area contributed by atoms with Crippen molar-refractivity contribution in [1.29, 1.82) is 0 Å². The van der Waals surface area contributed by atoms with Crippen LogP contribution in [0, 0.1) is 11.3 Å². The number of nitrogens with one attached hydrogen (secondary N) is 2. The maximum absolute atomic E-state index is 12.1. The van der Waals surface area contributed by atoms with E-state index in [1.807, 2.05) is 0 Å². The number of hydrogen-bond acceptors (Lipinski definition) is 2. The molecule has 2 aliphatic rings. The summed E-state index contributed by atoms with van der Waals surface area (Å²) in [5, 5.41) is 15.3. The fourth-order valence-corrected chi connectivity index (χ4v) is 3.73. The number of carboxylic acids is 1. The predicted molar refractivity (Wildman–Crippen MR) is 81.1 cm³/mol. The number of carboxylic acid groups (broad SMARTS) is 1. The molecule has 2 amide bonds. The van der Waals surface area contributed by atoms with Gasteiger partial charge in [-0.05, 0) is 37.5 Å². The molecule has 21 heavy (non-hydrogen) atoms. The van der Waals surface area contributed by atoms with Gasteiger partial charge in [0.15, 0.2) is 0 Å². The molecule has 0 aromatic carbocycles. The van der Waals surface area contributed by atoms with Gasteiger partial charge >= 0.3 is 12.0 Å². The van der Waals surface area contributed by atoms with Gasteiger partial charge in [-0.15, -0.1) is 0 Å². The van der Waals surface area contributed by atoms with Crippen molar-refractivity contribution >= 4 is 12.0 Å². The van der Waals surface area contributed by atoms with Crippen LogP contribution in [0.2, 0.25) is 0 Å². The molecular formula is C16H28N2O3. The maximum Gasteiger partial charge on any atom is 0.315 e. The van der Waals surface area contributed by atoms with E-state index in [0.29, 0.717) is 11.8 Å². The third-order valence-electron chi connectivity index (χ3n) is 4.95. The Hall–Kier alpha value is -1.26. The van der Waals surface area contributed by atoms with E-state index in [9.17, 15) is 14.7 Å². The van der Waals surface area contributed by atoms with Crippen LogP contribution in [0.1, 0.15) is 65.2 Å². The Labute approximate surface area is 126 Å². The Morgan fingerprint density at radius 1 is 1.05 bits per heavy atom. The first kappa shape index (κ1) is 16.1. The summed E-state index contributed by atoms with van der Waals surface area (Å²) in [6, 6.07) is -0.218. The molecule has 3 N–H and O–H groups in total. The van der Waals surface area contributed by atoms with Crippen LogP contribution < -0.4 is 10.6 Å². The lowest BCUT2D eigenvalue weighted by Gasteiger charge is -2.24. The highest BCUT2D eigenvalue weighted by atomic mass is 16.4. The highest BCUT2D eigenvalue weighted by molar-refractivity contribution is 5.77. The highest BCUT2D eigenvalue weighted by Gasteiger charge is 2.34. The Morgan fingerprint density at radius 3 is 2.38 bits per heavy atom. The highest BCUT2D eigenvalue weighted by Crippen LogP contribution is 2.36. The molecule has 5 heteroatoms. The molecule has 3 atom stereocenters.